The van der Waals surface area contributed by atoms with E-state index in [4.69, 9.17) is 18.9 Å². The summed E-state index contributed by atoms with van der Waals surface area (Å²) >= 11 is 0. The minimum absolute atomic E-state index is 0.0614. The second-order valence-corrected chi connectivity index (χ2v) is 22.3. The number of benzene rings is 7. The van der Waals surface area contributed by atoms with E-state index in [1.165, 1.54) is 168 Å². The first kappa shape index (κ1) is 65.1. The second kappa shape index (κ2) is 35.1. The number of carbonyl (C=O) groups excluding carboxylic acids is 4. The van der Waals surface area contributed by atoms with E-state index < -0.39 is 23.9 Å². The highest BCUT2D eigenvalue weighted by molar-refractivity contribution is 6.22. The van der Waals surface area contributed by atoms with Gasteiger partial charge < -0.3 is 18.9 Å². The van der Waals surface area contributed by atoms with E-state index in [9.17, 15) is 19.2 Å². The van der Waals surface area contributed by atoms with Crippen LogP contribution in [0.4, 0.5) is 0 Å². The highest BCUT2D eigenvalue weighted by Gasteiger charge is 2.38. The first-order chi connectivity index (χ1) is 42.1. The van der Waals surface area contributed by atoms with Crippen LogP contribution in [0.5, 0.6) is 0 Å². The molecule has 8 nitrogen and oxygen atoms in total. The van der Waals surface area contributed by atoms with Crippen molar-refractivity contribution in [3.63, 3.8) is 0 Å². The van der Waals surface area contributed by atoms with Gasteiger partial charge in [-0.05, 0) is 119 Å². The highest BCUT2D eigenvalue weighted by Crippen LogP contribution is 2.43. The molecule has 86 heavy (non-hydrogen) atoms. The van der Waals surface area contributed by atoms with Gasteiger partial charge in [0.25, 0.3) is 0 Å². The molecule has 0 heterocycles. The van der Waals surface area contributed by atoms with Crippen molar-refractivity contribution < 1.29 is 38.1 Å². The number of rotatable bonds is 30. The number of carbonyl (C=O) groups is 4. The van der Waals surface area contributed by atoms with E-state index in [0.29, 0.717) is 11.1 Å². The Morgan fingerprint density at radius 1 is 0.267 bits per heavy atom. The Hall–Kier alpha value is -8.46. The molecule has 0 N–H and O–H groups in total. The fourth-order valence-corrected chi connectivity index (χ4v) is 11.1. The van der Waals surface area contributed by atoms with Gasteiger partial charge in [-0.3, -0.25) is 0 Å². The summed E-state index contributed by atoms with van der Waals surface area (Å²) in [7, 11) is 4.70. The van der Waals surface area contributed by atoms with Crippen LogP contribution in [0.25, 0.3) is 44.5 Å². The lowest BCUT2D eigenvalue weighted by atomic mass is 9.80. The third-order valence-electron chi connectivity index (χ3n) is 16.1. The van der Waals surface area contributed by atoms with Crippen LogP contribution in [-0.4, -0.2) is 52.3 Å². The van der Waals surface area contributed by atoms with Crippen LogP contribution in [0.1, 0.15) is 217 Å². The van der Waals surface area contributed by atoms with Gasteiger partial charge in [-0.15, -0.1) is 0 Å². The number of ether oxygens (including phenoxy) is 4. The van der Waals surface area contributed by atoms with Gasteiger partial charge in [-0.25, -0.2) is 19.2 Å². The topological polar surface area (TPSA) is 105 Å². The van der Waals surface area contributed by atoms with Crippen molar-refractivity contribution in [1.82, 2.24) is 0 Å². The van der Waals surface area contributed by atoms with Crippen molar-refractivity contribution in [2.45, 2.75) is 155 Å². The average molecular weight is 1150 g/mol. The smallest absolute Gasteiger partial charge is 0.339 e. The van der Waals surface area contributed by atoms with Crippen LogP contribution in [-0.2, 0) is 31.8 Å². The number of hydrogen-bond donors (Lipinski definition) is 0. The summed E-state index contributed by atoms with van der Waals surface area (Å²) < 4.78 is 21.4. The molecule has 7 rings (SSSR count). The molecule has 0 aliphatic rings. The summed E-state index contributed by atoms with van der Waals surface area (Å²) in [6, 6.07) is 47.0. The Bertz CT molecular complexity index is 3130. The molecule has 8 heteroatoms. The Kier molecular flexibility index (Phi) is 26.6. The quantitative estimate of drug-likeness (QED) is 0.0190. The van der Waals surface area contributed by atoms with Gasteiger partial charge in [-0.2, -0.15) is 0 Å². The molecule has 0 saturated carbocycles. The van der Waals surface area contributed by atoms with E-state index in [0.717, 1.165) is 57.3 Å². The normalized spacial score (nSPS) is 10.8. The van der Waals surface area contributed by atoms with Crippen molar-refractivity contribution in [1.29, 1.82) is 0 Å². The molecule has 0 radical (unpaired) electrons. The summed E-state index contributed by atoms with van der Waals surface area (Å²) in [6.45, 7) is 4.53. The summed E-state index contributed by atoms with van der Waals surface area (Å²) in [5, 5.41) is 0. The molecule has 0 aromatic heterocycles. The largest absolute Gasteiger partial charge is 0.465 e. The van der Waals surface area contributed by atoms with Gasteiger partial charge in [0.2, 0.25) is 0 Å². The SMILES string of the molecule is CCCCCCCCCCCCc1ccc(C#Cc2ccc(-c3ccc(-c4c(C(=O)OC)c(C(=O)OC)c(-c5ccc(-c6ccc(C#Cc7ccc(CCCCCCCCCCCC)cc7)cc6)cc5)c(C(=O)OC)c4C(=O)OC)cc3)cc2)cc1. The monoisotopic (exact) mass is 1150 g/mol. The van der Waals surface area contributed by atoms with Gasteiger partial charge in [0.15, 0.2) is 0 Å². The summed E-state index contributed by atoms with van der Waals surface area (Å²) in [6.07, 6.45) is 28.7. The lowest BCUT2D eigenvalue weighted by Gasteiger charge is -2.23. The van der Waals surface area contributed by atoms with Crippen LogP contribution in [0.2, 0.25) is 0 Å². The maximum Gasteiger partial charge on any atom is 0.339 e. The van der Waals surface area contributed by atoms with E-state index in [1.807, 2.05) is 72.8 Å². The lowest BCUT2D eigenvalue weighted by molar-refractivity contribution is 0.0542. The van der Waals surface area contributed by atoms with Crippen molar-refractivity contribution >= 4 is 23.9 Å². The number of esters is 4. The predicted molar refractivity (Wildman–Crippen MR) is 349 cm³/mol. The van der Waals surface area contributed by atoms with Gasteiger partial charge in [0, 0.05) is 33.4 Å². The van der Waals surface area contributed by atoms with E-state index in [-0.39, 0.29) is 33.4 Å². The maximum atomic E-state index is 14.2. The van der Waals surface area contributed by atoms with Crippen molar-refractivity contribution in [3.05, 3.63) is 201 Å². The van der Waals surface area contributed by atoms with Gasteiger partial charge in [-0.1, -0.05) is 250 Å². The van der Waals surface area contributed by atoms with Crippen molar-refractivity contribution in [2.75, 3.05) is 28.4 Å². The fraction of sp³-hybridized carbons (Fsp3) is 0.359. The zero-order valence-corrected chi connectivity index (χ0v) is 51.7. The zero-order chi connectivity index (χ0) is 60.9. The molecule has 0 unspecified atom stereocenters. The third-order valence-corrected chi connectivity index (χ3v) is 16.1. The molecular formula is C78H86O8. The molecule has 0 spiro atoms. The number of unbranched alkanes of at least 4 members (excludes halogenated alkanes) is 18. The van der Waals surface area contributed by atoms with Crippen molar-refractivity contribution in [2.24, 2.45) is 0 Å². The minimum Gasteiger partial charge on any atom is -0.465 e. The first-order valence-electron chi connectivity index (χ1n) is 31.3. The summed E-state index contributed by atoms with van der Waals surface area (Å²) in [5.41, 5.74) is 9.08. The Morgan fingerprint density at radius 3 is 0.698 bits per heavy atom. The second-order valence-electron chi connectivity index (χ2n) is 22.3. The molecule has 0 amide bonds. The lowest BCUT2D eigenvalue weighted by Crippen LogP contribution is -2.23. The Balaban J connectivity index is 1.07. The van der Waals surface area contributed by atoms with Crippen LogP contribution in [0.15, 0.2) is 146 Å². The van der Waals surface area contributed by atoms with E-state index in [2.05, 4.69) is 86.1 Å². The van der Waals surface area contributed by atoms with Crippen LogP contribution in [0, 0.1) is 23.7 Å². The molecule has 7 aromatic carbocycles. The van der Waals surface area contributed by atoms with Crippen LogP contribution < -0.4 is 0 Å². The molecule has 0 aliphatic carbocycles. The molecule has 446 valence electrons. The third kappa shape index (κ3) is 18.8. The minimum atomic E-state index is -0.944. The average Bonchev–Trinajstić information content (AvgIpc) is 0.911. The van der Waals surface area contributed by atoms with Crippen molar-refractivity contribution in [3.8, 4) is 68.2 Å². The summed E-state index contributed by atoms with van der Waals surface area (Å²) in [5.74, 6) is 9.41. The van der Waals surface area contributed by atoms with Gasteiger partial charge >= 0.3 is 23.9 Å². The number of methoxy groups -OCH3 is 4. The number of hydrogen-bond acceptors (Lipinski definition) is 8. The number of aryl methyl sites for hydroxylation is 2. The van der Waals surface area contributed by atoms with E-state index >= 15 is 0 Å². The Morgan fingerprint density at radius 2 is 0.465 bits per heavy atom. The fourth-order valence-electron chi connectivity index (χ4n) is 11.1. The van der Waals surface area contributed by atoms with Crippen LogP contribution >= 0.6 is 0 Å². The zero-order valence-electron chi connectivity index (χ0n) is 51.7. The molecule has 7 aromatic rings. The Labute approximate surface area is 512 Å². The van der Waals surface area contributed by atoms with Gasteiger partial charge in [0.05, 0.1) is 50.7 Å². The first-order valence-corrected chi connectivity index (χ1v) is 31.3. The molecule has 0 saturated heterocycles. The standard InChI is InChI=1S/C78H86O8/c1-7-9-11-13-15-17-19-21-23-25-27-57-29-33-59(34-30-57)37-39-61-41-45-63(46-42-61)65-49-53-67(54-50-65)69-71(75(79)83-3)73(77(81)85-5)70(74(78(82)86-6)72(69)76(80)84-4)68-55-51-66(52-56-68)64-47-43-62(44-48-64)40-38-60-35-31-58(32-36-60)28-26-24-22-20-18-16-14-12-10-8-2/h29-36,41-56H,7-28H2,1-6H3. The highest BCUT2D eigenvalue weighted by atomic mass is 16.5. The molecular weight excluding hydrogens is 1060 g/mol. The predicted octanol–water partition coefficient (Wildman–Crippen LogP) is 19.2. The molecule has 0 fully saturated rings. The van der Waals surface area contributed by atoms with E-state index in [1.54, 1.807) is 24.3 Å². The van der Waals surface area contributed by atoms with Gasteiger partial charge in [0.1, 0.15) is 0 Å². The van der Waals surface area contributed by atoms with Crippen LogP contribution in [0.3, 0.4) is 0 Å². The molecule has 0 aliphatic heterocycles. The molecule has 0 bridgehead atoms. The molecule has 0 atom stereocenters. The summed E-state index contributed by atoms with van der Waals surface area (Å²) in [4.78, 5) is 56.8. The maximum absolute atomic E-state index is 14.2.